The van der Waals surface area contributed by atoms with Gasteiger partial charge in [-0.3, -0.25) is 0 Å². The fraction of sp³-hybridized carbons (Fsp3) is 0.500. The van der Waals surface area contributed by atoms with Crippen LogP contribution >= 0.6 is 0 Å². The van der Waals surface area contributed by atoms with Crippen LogP contribution in [0, 0.1) is 6.92 Å². The number of ether oxygens (including phenoxy) is 1. The van der Waals surface area contributed by atoms with E-state index >= 15 is 0 Å². The van der Waals surface area contributed by atoms with E-state index in [0.717, 1.165) is 0 Å². The number of carbonyl (C=O) groups is 1. The first-order chi connectivity index (χ1) is 8.73. The molecule has 5 heteroatoms. The SMILES string of the molecule is COC(=O)c1cc(C)c(O)c(C(C)(C)C)c1CO[Si]. The number of aromatic hydroxyl groups is 1. The van der Waals surface area contributed by atoms with Gasteiger partial charge in [-0.05, 0) is 29.5 Å². The van der Waals surface area contributed by atoms with Crippen molar-refractivity contribution in [3.63, 3.8) is 0 Å². The van der Waals surface area contributed by atoms with Crippen LogP contribution in [0.4, 0.5) is 0 Å². The molecule has 1 aromatic rings. The van der Waals surface area contributed by atoms with Crippen molar-refractivity contribution >= 4 is 16.5 Å². The van der Waals surface area contributed by atoms with Gasteiger partial charge in [-0.15, -0.1) is 0 Å². The van der Waals surface area contributed by atoms with Crippen LogP contribution in [0.3, 0.4) is 0 Å². The van der Waals surface area contributed by atoms with E-state index in [1.165, 1.54) is 7.11 Å². The number of phenolic OH excluding ortho intramolecular Hbond substituents is 1. The average Bonchev–Trinajstić information content (AvgIpc) is 2.31. The Balaban J connectivity index is 3.67. The predicted octanol–water partition coefficient (Wildman–Crippen LogP) is 2.38. The number of phenols is 1. The summed E-state index contributed by atoms with van der Waals surface area (Å²) in [7, 11) is 4.28. The van der Waals surface area contributed by atoms with Gasteiger partial charge in [-0.25, -0.2) is 4.79 Å². The van der Waals surface area contributed by atoms with E-state index in [2.05, 4.69) is 10.5 Å². The molecule has 1 N–H and O–H groups in total. The van der Waals surface area contributed by atoms with Crippen molar-refractivity contribution in [1.82, 2.24) is 0 Å². The summed E-state index contributed by atoms with van der Waals surface area (Å²) in [5.74, 6) is -0.244. The third-order valence-electron chi connectivity index (χ3n) is 2.97. The molecule has 1 aromatic carbocycles. The van der Waals surface area contributed by atoms with E-state index < -0.39 is 5.97 Å². The monoisotopic (exact) mass is 279 g/mol. The van der Waals surface area contributed by atoms with Crippen LogP contribution in [0.15, 0.2) is 6.07 Å². The minimum absolute atomic E-state index is 0.168. The molecule has 3 radical (unpaired) electrons. The van der Waals surface area contributed by atoms with Crippen LogP contribution in [-0.4, -0.2) is 28.7 Å². The quantitative estimate of drug-likeness (QED) is 0.682. The van der Waals surface area contributed by atoms with Gasteiger partial charge in [0.2, 0.25) is 10.5 Å². The Morgan fingerprint density at radius 1 is 1.42 bits per heavy atom. The number of hydrogen-bond acceptors (Lipinski definition) is 4. The van der Waals surface area contributed by atoms with E-state index in [1.807, 2.05) is 20.8 Å². The zero-order chi connectivity index (χ0) is 14.8. The molecule has 4 nitrogen and oxygen atoms in total. The molecule has 0 bridgehead atoms. The predicted molar refractivity (Wildman–Crippen MR) is 73.4 cm³/mol. The number of carbonyl (C=O) groups excluding carboxylic acids is 1. The lowest BCUT2D eigenvalue weighted by Gasteiger charge is -2.26. The van der Waals surface area contributed by atoms with Crippen molar-refractivity contribution < 1.29 is 19.1 Å². The number of aryl methyl sites for hydroxylation is 1. The second-order valence-electron chi connectivity index (χ2n) is 5.47. The number of rotatable bonds is 3. The molecule has 0 amide bonds. The Hall–Kier alpha value is -1.33. The van der Waals surface area contributed by atoms with Crippen LogP contribution < -0.4 is 0 Å². The first-order valence-electron chi connectivity index (χ1n) is 5.96. The van der Waals surface area contributed by atoms with Gasteiger partial charge in [0, 0.05) is 5.56 Å². The van der Waals surface area contributed by atoms with E-state index in [0.29, 0.717) is 22.3 Å². The molecule has 103 valence electrons. The third-order valence-corrected chi connectivity index (χ3v) is 3.11. The molecule has 0 aliphatic heterocycles. The maximum atomic E-state index is 11.9. The standard InChI is InChI=1S/C14H19O4Si/c1-8-6-9(13(16)17-5)10(7-18-19)11(12(8)15)14(2,3)4/h6,15H,7H2,1-5H3. The number of methoxy groups -OCH3 is 1. The highest BCUT2D eigenvalue weighted by molar-refractivity contribution is 5.98. The zero-order valence-electron chi connectivity index (χ0n) is 12.0. The van der Waals surface area contributed by atoms with E-state index in [1.54, 1.807) is 13.0 Å². The van der Waals surface area contributed by atoms with Gasteiger partial charge in [-0.2, -0.15) is 0 Å². The van der Waals surface area contributed by atoms with E-state index in [4.69, 9.17) is 9.16 Å². The molecule has 19 heavy (non-hydrogen) atoms. The van der Waals surface area contributed by atoms with Gasteiger partial charge in [0.25, 0.3) is 0 Å². The van der Waals surface area contributed by atoms with Crippen molar-refractivity contribution in [2.75, 3.05) is 7.11 Å². The molecular weight excluding hydrogens is 260 g/mol. The summed E-state index contributed by atoms with van der Waals surface area (Å²) in [6, 6.07) is 1.62. The van der Waals surface area contributed by atoms with Crippen LogP contribution in [0.1, 0.15) is 47.8 Å². The number of hydrogen-bond donors (Lipinski definition) is 1. The van der Waals surface area contributed by atoms with Gasteiger partial charge in [-0.1, -0.05) is 20.8 Å². The minimum Gasteiger partial charge on any atom is -0.507 e. The molecule has 0 atom stereocenters. The van der Waals surface area contributed by atoms with Gasteiger partial charge < -0.3 is 14.3 Å². The molecule has 0 heterocycles. The van der Waals surface area contributed by atoms with Crippen molar-refractivity contribution in [3.8, 4) is 5.75 Å². The van der Waals surface area contributed by atoms with Crippen LogP contribution in [0.2, 0.25) is 0 Å². The Morgan fingerprint density at radius 2 is 2.00 bits per heavy atom. The number of benzene rings is 1. The summed E-state index contributed by atoms with van der Waals surface area (Å²) in [5.41, 5.74) is 2.08. The highest BCUT2D eigenvalue weighted by Crippen LogP contribution is 2.38. The first-order valence-corrected chi connectivity index (χ1v) is 6.37. The smallest absolute Gasteiger partial charge is 0.338 e. The van der Waals surface area contributed by atoms with Crippen molar-refractivity contribution in [2.24, 2.45) is 0 Å². The number of esters is 1. The van der Waals surface area contributed by atoms with Crippen LogP contribution in [0.5, 0.6) is 5.75 Å². The second-order valence-corrected chi connectivity index (χ2v) is 5.76. The summed E-state index contributed by atoms with van der Waals surface area (Å²) >= 11 is 0. The minimum atomic E-state index is -0.438. The summed E-state index contributed by atoms with van der Waals surface area (Å²) < 4.78 is 9.77. The topological polar surface area (TPSA) is 55.8 Å². The average molecular weight is 279 g/mol. The molecule has 0 saturated heterocycles. The molecule has 0 spiro atoms. The fourth-order valence-corrected chi connectivity index (χ4v) is 2.31. The Bertz CT molecular complexity index is 489. The third kappa shape index (κ3) is 3.16. The molecule has 0 saturated carbocycles. The van der Waals surface area contributed by atoms with Crippen LogP contribution in [0.25, 0.3) is 0 Å². The molecule has 0 unspecified atom stereocenters. The van der Waals surface area contributed by atoms with Gasteiger partial charge in [0.05, 0.1) is 19.3 Å². The Morgan fingerprint density at radius 3 is 2.42 bits per heavy atom. The molecular formula is C14H19O4Si. The highest BCUT2D eigenvalue weighted by atomic mass is 28.2. The molecule has 0 fully saturated rings. The summed E-state index contributed by atoms with van der Waals surface area (Å²) in [5, 5.41) is 10.3. The molecule has 0 aromatic heterocycles. The lowest BCUT2D eigenvalue weighted by atomic mass is 9.80. The van der Waals surface area contributed by atoms with Crippen molar-refractivity contribution in [2.45, 2.75) is 39.7 Å². The molecule has 0 aliphatic rings. The summed E-state index contributed by atoms with van der Waals surface area (Å²) in [4.78, 5) is 11.9. The zero-order valence-corrected chi connectivity index (χ0v) is 13.0. The van der Waals surface area contributed by atoms with Gasteiger partial charge in [0.1, 0.15) is 5.75 Å². The fourth-order valence-electron chi connectivity index (χ4n) is 2.17. The second kappa shape index (κ2) is 5.75. The Labute approximate surface area is 117 Å². The normalized spacial score (nSPS) is 11.5. The summed E-state index contributed by atoms with van der Waals surface area (Å²) in [6.07, 6.45) is 0. The maximum Gasteiger partial charge on any atom is 0.338 e. The summed E-state index contributed by atoms with van der Waals surface area (Å²) in [6.45, 7) is 7.84. The Kier molecular flexibility index (Phi) is 4.76. The van der Waals surface area contributed by atoms with Crippen molar-refractivity contribution in [1.29, 1.82) is 0 Å². The molecule has 1 rings (SSSR count). The maximum absolute atomic E-state index is 11.9. The lowest BCUT2D eigenvalue weighted by Crippen LogP contribution is -2.19. The first kappa shape index (κ1) is 15.7. The lowest BCUT2D eigenvalue weighted by molar-refractivity contribution is 0.0597. The van der Waals surface area contributed by atoms with E-state index in [-0.39, 0.29) is 17.8 Å². The highest BCUT2D eigenvalue weighted by Gasteiger charge is 2.28. The van der Waals surface area contributed by atoms with Crippen LogP contribution in [-0.2, 0) is 21.2 Å². The largest absolute Gasteiger partial charge is 0.507 e. The van der Waals surface area contributed by atoms with Gasteiger partial charge in [0.15, 0.2) is 0 Å². The molecule has 0 aliphatic carbocycles. The van der Waals surface area contributed by atoms with E-state index in [9.17, 15) is 9.90 Å². The van der Waals surface area contributed by atoms with Crippen molar-refractivity contribution in [3.05, 3.63) is 28.3 Å². The van der Waals surface area contributed by atoms with Gasteiger partial charge >= 0.3 is 5.97 Å².